The van der Waals surface area contributed by atoms with Crippen molar-refractivity contribution in [3.8, 4) is 0 Å². The molecule has 4 N–H and O–H groups in total. The molecule has 2 heterocycles. The Kier molecular flexibility index (Phi) is 13.7. The summed E-state index contributed by atoms with van der Waals surface area (Å²) in [7, 11) is 0. The number of nitrogens with one attached hydrogen (secondary N) is 4. The molecule has 14 heteroatoms. The Morgan fingerprint density at radius 3 is 2.15 bits per heavy atom. The number of amides is 6. The van der Waals surface area contributed by atoms with Crippen LogP contribution in [0.4, 0.5) is 9.59 Å². The molecule has 1 aliphatic carbocycles. The number of likely N-dealkylation sites (tertiary alicyclic amines) is 1. The normalized spacial score (nSPS) is 20.1. The molecule has 0 spiro atoms. The Labute approximate surface area is 318 Å². The van der Waals surface area contributed by atoms with Crippen LogP contribution in [0, 0.1) is 16.7 Å². The number of carbonyl (C=O) groups is 7. The second-order valence-electron chi connectivity index (χ2n) is 16.8. The maximum absolute atomic E-state index is 14.6. The lowest BCUT2D eigenvalue weighted by atomic mass is 9.82. The summed E-state index contributed by atoms with van der Waals surface area (Å²) in [6.07, 6.45) is 2.73. The Hall–Kier alpha value is -4.75. The van der Waals surface area contributed by atoms with Crippen molar-refractivity contribution >= 4 is 41.4 Å². The summed E-state index contributed by atoms with van der Waals surface area (Å²) in [5, 5.41) is 10.7. The average molecular weight is 751 g/mol. The second-order valence-corrected chi connectivity index (χ2v) is 16.8. The molecule has 0 bridgehead atoms. The highest BCUT2D eigenvalue weighted by molar-refractivity contribution is 6.38. The van der Waals surface area contributed by atoms with Crippen LogP contribution in [0.1, 0.15) is 91.7 Å². The quantitative estimate of drug-likeness (QED) is 0.165. The van der Waals surface area contributed by atoms with Crippen LogP contribution in [0.15, 0.2) is 36.9 Å². The van der Waals surface area contributed by atoms with Crippen LogP contribution in [0.25, 0.3) is 0 Å². The molecule has 3 aliphatic rings. The van der Waals surface area contributed by atoms with Gasteiger partial charge in [0, 0.05) is 32.0 Å². The zero-order valence-corrected chi connectivity index (χ0v) is 32.8. The zero-order chi connectivity index (χ0) is 40.0. The van der Waals surface area contributed by atoms with Gasteiger partial charge in [0.05, 0.1) is 18.6 Å². The number of ketones is 2. The van der Waals surface area contributed by atoms with Crippen molar-refractivity contribution in [3.05, 3.63) is 48.0 Å². The van der Waals surface area contributed by atoms with Crippen LogP contribution in [0.2, 0.25) is 0 Å². The first kappa shape index (κ1) is 42.0. The van der Waals surface area contributed by atoms with Crippen molar-refractivity contribution in [2.24, 2.45) is 16.7 Å². The first-order valence-electron chi connectivity index (χ1n) is 19.0. The smallest absolute Gasteiger partial charge is 0.410 e. The van der Waals surface area contributed by atoms with Crippen molar-refractivity contribution in [2.45, 2.75) is 124 Å². The summed E-state index contributed by atoms with van der Waals surface area (Å²) < 4.78 is 5.94. The van der Waals surface area contributed by atoms with Crippen LogP contribution in [0.3, 0.4) is 0 Å². The number of rotatable bonds is 14. The van der Waals surface area contributed by atoms with E-state index in [0.717, 1.165) is 24.0 Å². The van der Waals surface area contributed by atoms with E-state index < -0.39 is 76.7 Å². The molecule has 14 nitrogen and oxygen atoms in total. The number of hydrogen-bond donors (Lipinski definition) is 4. The minimum absolute atomic E-state index is 0.0521. The van der Waals surface area contributed by atoms with Crippen LogP contribution >= 0.6 is 0 Å². The molecule has 0 aromatic heterocycles. The van der Waals surface area contributed by atoms with Gasteiger partial charge in [-0.25, -0.2) is 9.59 Å². The van der Waals surface area contributed by atoms with Gasteiger partial charge in [-0.2, -0.15) is 0 Å². The van der Waals surface area contributed by atoms with Crippen LogP contribution < -0.4 is 21.3 Å². The number of hydrogen-bond acceptors (Lipinski definition) is 8. The first-order valence-corrected chi connectivity index (χ1v) is 19.0. The van der Waals surface area contributed by atoms with Crippen LogP contribution in [-0.4, -0.2) is 101 Å². The maximum atomic E-state index is 14.6. The third-order valence-electron chi connectivity index (χ3n) is 10.1. The summed E-state index contributed by atoms with van der Waals surface area (Å²) in [5.74, 6) is -3.17. The van der Waals surface area contributed by atoms with Crippen LogP contribution in [-0.2, 0) is 41.7 Å². The van der Waals surface area contributed by atoms with E-state index in [1.54, 1.807) is 32.6 Å². The number of urea groups is 1. The molecule has 296 valence electrons. The highest BCUT2D eigenvalue weighted by Crippen LogP contribution is 2.35. The zero-order valence-electron chi connectivity index (χ0n) is 32.8. The van der Waals surface area contributed by atoms with Crippen molar-refractivity contribution in [1.82, 2.24) is 31.1 Å². The highest BCUT2D eigenvalue weighted by Gasteiger charge is 2.48. The molecule has 5 atom stereocenters. The summed E-state index contributed by atoms with van der Waals surface area (Å²) in [4.78, 5) is 97.3. The molecule has 1 saturated carbocycles. The molecular formula is C40H58N6O8. The average Bonchev–Trinajstić information content (AvgIpc) is 3.88. The fraction of sp³-hybridized carbons (Fsp3) is 0.625. The number of benzene rings is 1. The summed E-state index contributed by atoms with van der Waals surface area (Å²) in [5.41, 5.74) is 0.710. The number of Topliss-reactive ketones (excluding diaryl/α,β-unsaturated/α-hetero) is 2. The number of nitrogens with zero attached hydrogens (tertiary/aromatic N) is 2. The molecule has 2 aliphatic heterocycles. The van der Waals surface area contributed by atoms with Gasteiger partial charge >= 0.3 is 12.1 Å². The minimum Gasteiger partial charge on any atom is -0.444 e. The molecule has 1 aromatic carbocycles. The van der Waals surface area contributed by atoms with Gasteiger partial charge in [0.1, 0.15) is 18.2 Å². The van der Waals surface area contributed by atoms with E-state index in [1.165, 1.54) is 11.0 Å². The molecule has 1 aromatic rings. The minimum atomic E-state index is -1.20. The predicted octanol–water partition coefficient (Wildman–Crippen LogP) is 3.41. The Balaban J connectivity index is 1.57. The topological polar surface area (TPSA) is 183 Å². The van der Waals surface area contributed by atoms with Gasteiger partial charge in [0.2, 0.25) is 17.6 Å². The summed E-state index contributed by atoms with van der Waals surface area (Å²) in [6, 6.07) is 2.82. The molecular weight excluding hydrogens is 692 g/mol. The molecule has 1 saturated heterocycles. The number of fused-ring (bicyclic) bond motifs is 1. The second kappa shape index (κ2) is 17.6. The van der Waals surface area contributed by atoms with Crippen molar-refractivity contribution in [2.75, 3.05) is 19.6 Å². The van der Waals surface area contributed by atoms with E-state index in [0.29, 0.717) is 25.9 Å². The van der Waals surface area contributed by atoms with E-state index in [4.69, 9.17) is 4.74 Å². The standard InChI is InChI=1S/C40H58N6O8/c1-9-13-28(31(48)35(50)41-19-10-2)42-34(49)29-21-27(54-38(53)45-20-18-24-14-11-12-15-26(24)22-45)23-46(29)36(51)33(40(6,7)8)44-37(52)43-32(39(3,4)5)30(47)25-16-17-25/h10-12,14-15,25,27-29,32-33H,2,9,13,16-23H2,1,3-8H3,(H,41,50)(H,42,49)(H2,43,44,52)/t27-,28?,29+,32-,33-/m1/s1. The SMILES string of the molecule is C=CCNC(=O)C(=O)C(CCC)NC(=O)[C@@H]1C[C@@H](OC(=O)N2CCc3ccccc3C2)CN1C(=O)[C@@H](NC(=O)N[C@H](C(=O)C1CC1)C(C)(C)C)C(C)(C)C. The van der Waals surface area contributed by atoms with Gasteiger partial charge in [-0.1, -0.05) is 85.2 Å². The van der Waals surface area contributed by atoms with E-state index >= 15 is 0 Å². The van der Waals surface area contributed by atoms with Gasteiger partial charge in [-0.05, 0) is 47.6 Å². The fourth-order valence-electron chi connectivity index (χ4n) is 6.92. The van der Waals surface area contributed by atoms with Gasteiger partial charge in [0.25, 0.3) is 5.91 Å². The lowest BCUT2D eigenvalue weighted by Crippen LogP contribution is -2.62. The summed E-state index contributed by atoms with van der Waals surface area (Å²) >= 11 is 0. The molecule has 4 rings (SSSR count). The maximum Gasteiger partial charge on any atom is 0.410 e. The van der Waals surface area contributed by atoms with E-state index in [1.807, 2.05) is 45.0 Å². The fourth-order valence-corrected chi connectivity index (χ4v) is 6.92. The summed E-state index contributed by atoms with van der Waals surface area (Å²) in [6.45, 7) is 16.9. The number of ether oxygens (including phenoxy) is 1. The van der Waals surface area contributed by atoms with Crippen molar-refractivity contribution in [3.63, 3.8) is 0 Å². The van der Waals surface area contributed by atoms with Gasteiger partial charge in [-0.15, -0.1) is 6.58 Å². The number of carbonyl (C=O) groups excluding carboxylic acids is 7. The lowest BCUT2D eigenvalue weighted by Gasteiger charge is -2.36. The first-order chi connectivity index (χ1) is 25.3. The third kappa shape index (κ3) is 10.7. The van der Waals surface area contributed by atoms with Gasteiger partial charge < -0.3 is 35.8 Å². The third-order valence-corrected chi connectivity index (χ3v) is 10.1. The van der Waals surface area contributed by atoms with E-state index in [-0.39, 0.29) is 37.6 Å². The van der Waals surface area contributed by atoms with Crippen molar-refractivity contribution < 1.29 is 38.3 Å². The molecule has 6 amide bonds. The van der Waals surface area contributed by atoms with Gasteiger partial charge in [-0.3, -0.25) is 24.0 Å². The van der Waals surface area contributed by atoms with Crippen molar-refractivity contribution in [1.29, 1.82) is 0 Å². The van der Waals surface area contributed by atoms with Gasteiger partial charge in [0.15, 0.2) is 5.78 Å². The molecule has 54 heavy (non-hydrogen) atoms. The van der Waals surface area contributed by atoms with E-state index in [2.05, 4.69) is 27.8 Å². The highest BCUT2D eigenvalue weighted by atomic mass is 16.6. The monoisotopic (exact) mass is 750 g/mol. The molecule has 2 fully saturated rings. The molecule has 1 unspecified atom stereocenters. The lowest BCUT2D eigenvalue weighted by molar-refractivity contribution is -0.143. The Morgan fingerprint density at radius 1 is 0.926 bits per heavy atom. The van der Waals surface area contributed by atoms with Crippen LogP contribution in [0.5, 0.6) is 0 Å². The van der Waals surface area contributed by atoms with E-state index in [9.17, 15) is 33.6 Å². The Morgan fingerprint density at radius 2 is 1.56 bits per heavy atom. The molecule has 0 radical (unpaired) electrons. The Bertz CT molecular complexity index is 1610. The predicted molar refractivity (Wildman–Crippen MR) is 202 cm³/mol. The largest absolute Gasteiger partial charge is 0.444 e.